The quantitative estimate of drug-likeness (QED) is 0.262. The van der Waals surface area contributed by atoms with Crippen LogP contribution in [0.25, 0.3) is 22.4 Å². The number of carboxylic acid groups (broad SMARTS) is 1. The molecule has 2 N–H and O–H groups in total. The summed E-state index contributed by atoms with van der Waals surface area (Å²) >= 11 is 1.43. The van der Waals surface area contributed by atoms with E-state index in [1.165, 1.54) is 11.3 Å². The highest BCUT2D eigenvalue weighted by Gasteiger charge is 2.45. The molecule has 3 saturated carbocycles. The van der Waals surface area contributed by atoms with Crippen LogP contribution in [0.4, 0.5) is 10.9 Å². The fraction of sp³-hybridized carbons (Fsp3) is 0.469. The van der Waals surface area contributed by atoms with Gasteiger partial charge in [-0.1, -0.05) is 56.9 Å². The van der Waals surface area contributed by atoms with Crippen molar-refractivity contribution in [2.45, 2.75) is 77.2 Å². The Hall–Kier alpha value is -3.59. The molecule has 0 unspecified atom stereocenters. The molecule has 9 heteroatoms. The number of nitrogens with one attached hydrogen (secondary N) is 1. The molecule has 0 bridgehead atoms. The van der Waals surface area contributed by atoms with Crippen molar-refractivity contribution in [3.8, 4) is 22.4 Å². The molecule has 0 aliphatic heterocycles. The van der Waals surface area contributed by atoms with Crippen LogP contribution in [-0.4, -0.2) is 38.9 Å². The Labute approximate surface area is 244 Å². The molecule has 3 aromatic rings. The van der Waals surface area contributed by atoms with Crippen LogP contribution in [0.2, 0.25) is 0 Å². The lowest BCUT2D eigenvalue weighted by molar-refractivity contribution is -0.141. The summed E-state index contributed by atoms with van der Waals surface area (Å²) in [6.45, 7) is 1.97. The summed E-state index contributed by atoms with van der Waals surface area (Å²) in [5.74, 6) is -0.578. The minimum absolute atomic E-state index is 0.0109. The molecule has 3 aliphatic rings. The Morgan fingerprint density at radius 2 is 1.80 bits per heavy atom. The van der Waals surface area contributed by atoms with Gasteiger partial charge in [0, 0.05) is 40.1 Å². The largest absolute Gasteiger partial charge is 0.481 e. The van der Waals surface area contributed by atoms with E-state index in [0.29, 0.717) is 23.3 Å². The summed E-state index contributed by atoms with van der Waals surface area (Å²) in [6, 6.07) is 11.8. The Morgan fingerprint density at radius 1 is 1.07 bits per heavy atom. The molecule has 1 aromatic carbocycles. The number of hydrogen-bond donors (Lipinski definition) is 2. The Balaban J connectivity index is 1.23. The maximum Gasteiger partial charge on any atom is 0.304 e. The topological polar surface area (TPSA) is 112 Å². The lowest BCUT2D eigenvalue weighted by Crippen LogP contribution is -2.39. The van der Waals surface area contributed by atoms with Crippen LogP contribution in [0, 0.1) is 17.3 Å². The highest BCUT2D eigenvalue weighted by molar-refractivity contribution is 7.14. The lowest BCUT2D eigenvalue weighted by Gasteiger charge is -2.26. The third-order valence-electron chi connectivity index (χ3n) is 8.78. The first-order valence-electron chi connectivity index (χ1n) is 14.7. The van der Waals surface area contributed by atoms with Gasteiger partial charge in [-0.15, -0.1) is 11.3 Å². The van der Waals surface area contributed by atoms with Gasteiger partial charge >= 0.3 is 5.97 Å². The second-order valence-corrected chi connectivity index (χ2v) is 13.0. The van der Waals surface area contributed by atoms with E-state index in [4.69, 9.17) is 4.98 Å². The Kier molecular flexibility index (Phi) is 7.64. The van der Waals surface area contributed by atoms with Gasteiger partial charge in [-0.05, 0) is 55.7 Å². The number of aliphatic carboxylic acids is 1. The molecule has 0 radical (unpaired) electrons. The standard InChI is InChI=1S/C32H36N4O4S/c1-32(14-15-32)30(40)35-27-13-10-21(18-33-27)24-8-4-5-9-25(24)26-19-41-31(34-26)36(23-11-12-23)29(39)22(17-28(37)38)16-20-6-2-3-7-20/h4-5,8-10,13,18-20,22-23H,2-3,6-7,11-12,14-17H2,1H3,(H,37,38)(H,33,35,40)/t22-/m1/s1. The predicted molar refractivity (Wildman–Crippen MR) is 160 cm³/mol. The van der Waals surface area contributed by atoms with Gasteiger partial charge < -0.3 is 10.4 Å². The predicted octanol–water partition coefficient (Wildman–Crippen LogP) is 6.78. The monoisotopic (exact) mass is 572 g/mol. The van der Waals surface area contributed by atoms with E-state index in [-0.39, 0.29) is 29.7 Å². The maximum absolute atomic E-state index is 13.8. The third kappa shape index (κ3) is 6.20. The number of aromatic nitrogens is 2. The first-order valence-corrected chi connectivity index (χ1v) is 15.6. The van der Waals surface area contributed by atoms with Crippen LogP contribution in [0.15, 0.2) is 48.0 Å². The zero-order valence-electron chi connectivity index (χ0n) is 23.3. The van der Waals surface area contributed by atoms with Crippen molar-refractivity contribution < 1.29 is 19.5 Å². The van der Waals surface area contributed by atoms with Crippen molar-refractivity contribution in [1.29, 1.82) is 0 Å². The number of thiazole rings is 1. The normalized spacial score (nSPS) is 18.6. The molecule has 3 aliphatic carbocycles. The van der Waals surface area contributed by atoms with Gasteiger partial charge in [0.05, 0.1) is 12.1 Å². The van der Waals surface area contributed by atoms with Crippen molar-refractivity contribution in [1.82, 2.24) is 9.97 Å². The van der Waals surface area contributed by atoms with Gasteiger partial charge in [0.1, 0.15) is 5.82 Å². The van der Waals surface area contributed by atoms with Crippen LogP contribution in [0.3, 0.4) is 0 Å². The lowest BCUT2D eigenvalue weighted by atomic mass is 9.90. The van der Waals surface area contributed by atoms with E-state index in [9.17, 15) is 19.5 Å². The fourth-order valence-electron chi connectivity index (χ4n) is 5.86. The maximum atomic E-state index is 13.8. The number of pyridine rings is 1. The molecule has 2 aromatic heterocycles. The minimum Gasteiger partial charge on any atom is -0.481 e. The smallest absolute Gasteiger partial charge is 0.304 e. The molecule has 6 rings (SSSR count). The molecule has 0 spiro atoms. The molecule has 41 heavy (non-hydrogen) atoms. The number of carboxylic acids is 1. The van der Waals surface area contributed by atoms with E-state index < -0.39 is 11.9 Å². The zero-order valence-corrected chi connectivity index (χ0v) is 24.2. The third-order valence-corrected chi connectivity index (χ3v) is 9.62. The van der Waals surface area contributed by atoms with Gasteiger partial charge in [-0.25, -0.2) is 9.97 Å². The second-order valence-electron chi connectivity index (χ2n) is 12.1. The van der Waals surface area contributed by atoms with Gasteiger partial charge in [0.15, 0.2) is 5.13 Å². The average Bonchev–Trinajstić information content (AvgIpc) is 3.83. The summed E-state index contributed by atoms with van der Waals surface area (Å²) in [7, 11) is 0. The number of benzene rings is 1. The van der Waals surface area contributed by atoms with Crippen LogP contribution < -0.4 is 10.2 Å². The van der Waals surface area contributed by atoms with Crippen molar-refractivity contribution in [3.05, 3.63) is 48.0 Å². The molecule has 8 nitrogen and oxygen atoms in total. The molecular formula is C32H36N4O4S. The molecule has 2 heterocycles. The number of carbonyl (C=O) groups excluding carboxylic acids is 2. The molecule has 3 fully saturated rings. The fourth-order valence-corrected chi connectivity index (χ4v) is 6.76. The summed E-state index contributed by atoms with van der Waals surface area (Å²) in [6.07, 6.45) is 10.4. The van der Waals surface area contributed by atoms with E-state index in [1.807, 2.05) is 48.7 Å². The zero-order chi connectivity index (χ0) is 28.6. The van der Waals surface area contributed by atoms with Crippen LogP contribution in [0.1, 0.15) is 71.1 Å². The molecule has 0 saturated heterocycles. The van der Waals surface area contributed by atoms with Crippen LogP contribution in [0.5, 0.6) is 0 Å². The highest BCUT2D eigenvalue weighted by atomic mass is 32.1. The summed E-state index contributed by atoms with van der Waals surface area (Å²) in [5.41, 5.74) is 3.28. The van der Waals surface area contributed by atoms with Crippen LogP contribution in [-0.2, 0) is 14.4 Å². The Morgan fingerprint density at radius 3 is 2.44 bits per heavy atom. The van der Waals surface area contributed by atoms with E-state index in [0.717, 1.165) is 73.8 Å². The number of nitrogens with zero attached hydrogens (tertiary/aromatic N) is 3. The molecular weight excluding hydrogens is 536 g/mol. The minimum atomic E-state index is -0.924. The summed E-state index contributed by atoms with van der Waals surface area (Å²) in [5, 5.41) is 15.1. The number of amides is 2. The van der Waals surface area contributed by atoms with Crippen molar-refractivity contribution in [2.24, 2.45) is 17.3 Å². The Bertz CT molecular complexity index is 1440. The van der Waals surface area contributed by atoms with Gasteiger partial charge in [0.25, 0.3) is 0 Å². The number of hydrogen-bond acceptors (Lipinski definition) is 6. The van der Waals surface area contributed by atoms with Crippen molar-refractivity contribution in [3.63, 3.8) is 0 Å². The summed E-state index contributed by atoms with van der Waals surface area (Å²) in [4.78, 5) is 49.2. The molecule has 1 atom stereocenters. The van der Waals surface area contributed by atoms with E-state index in [2.05, 4.69) is 10.3 Å². The van der Waals surface area contributed by atoms with Crippen molar-refractivity contribution in [2.75, 3.05) is 10.2 Å². The summed E-state index contributed by atoms with van der Waals surface area (Å²) < 4.78 is 0. The van der Waals surface area contributed by atoms with Gasteiger partial charge in [-0.3, -0.25) is 19.3 Å². The highest BCUT2D eigenvalue weighted by Crippen LogP contribution is 2.46. The number of anilines is 2. The van der Waals surface area contributed by atoms with Gasteiger partial charge in [0.2, 0.25) is 11.8 Å². The van der Waals surface area contributed by atoms with E-state index in [1.54, 1.807) is 11.1 Å². The second kappa shape index (κ2) is 11.4. The number of carbonyl (C=O) groups is 3. The number of rotatable bonds is 11. The van der Waals surface area contributed by atoms with Crippen LogP contribution >= 0.6 is 11.3 Å². The first-order chi connectivity index (χ1) is 19.8. The van der Waals surface area contributed by atoms with Crippen molar-refractivity contribution >= 4 is 40.1 Å². The molecule has 2 amide bonds. The SMILES string of the molecule is CC1(C(=O)Nc2ccc(-c3ccccc3-c3csc(N(C(=O)[C@@H](CC(=O)O)CC4CCCC4)C4CC4)n3)cn2)CC1. The average molecular weight is 573 g/mol. The van der Waals surface area contributed by atoms with Gasteiger partial charge in [-0.2, -0.15) is 0 Å². The van der Waals surface area contributed by atoms with E-state index >= 15 is 0 Å². The molecule has 214 valence electrons. The first kappa shape index (κ1) is 27.6.